The normalized spacial score (nSPS) is 33.3. The van der Waals surface area contributed by atoms with Crippen LogP contribution in [-0.4, -0.2) is 16.9 Å². The van der Waals surface area contributed by atoms with Crippen molar-refractivity contribution in [3.05, 3.63) is 46.0 Å². The van der Waals surface area contributed by atoms with Crippen LogP contribution in [0.15, 0.2) is 30.3 Å². The fourth-order valence-corrected chi connectivity index (χ4v) is 6.00. The van der Waals surface area contributed by atoms with Crippen molar-refractivity contribution in [1.82, 2.24) is 5.32 Å². The molecule has 4 saturated carbocycles. The summed E-state index contributed by atoms with van der Waals surface area (Å²) >= 11 is 0. The molecule has 1 atom stereocenters. The first-order chi connectivity index (χ1) is 12.4. The van der Waals surface area contributed by atoms with E-state index in [1.807, 2.05) is 0 Å². The van der Waals surface area contributed by atoms with E-state index >= 15 is 0 Å². The topological polar surface area (TPSA) is 72.2 Å². The maximum absolute atomic E-state index is 12.4. The van der Waals surface area contributed by atoms with Crippen LogP contribution in [0.4, 0.5) is 5.69 Å². The molecule has 4 aliphatic carbocycles. The summed E-state index contributed by atoms with van der Waals surface area (Å²) in [6, 6.07) is 6.42. The first-order valence-electron chi connectivity index (χ1n) is 9.66. The van der Waals surface area contributed by atoms with Crippen LogP contribution < -0.4 is 5.32 Å². The highest BCUT2D eigenvalue weighted by atomic mass is 16.6. The van der Waals surface area contributed by atoms with Gasteiger partial charge in [-0.05, 0) is 92.4 Å². The largest absolute Gasteiger partial charge is 0.350 e. The van der Waals surface area contributed by atoms with Crippen molar-refractivity contribution in [2.24, 2.45) is 23.2 Å². The third kappa shape index (κ3) is 3.27. The lowest BCUT2D eigenvalue weighted by molar-refractivity contribution is -0.384. The number of amides is 1. The Balaban J connectivity index is 1.38. The quantitative estimate of drug-likeness (QED) is 0.486. The monoisotopic (exact) mass is 354 g/mol. The molecule has 138 valence electrons. The highest BCUT2D eigenvalue weighted by Gasteiger charge is 2.53. The molecule has 4 fully saturated rings. The predicted molar refractivity (Wildman–Crippen MR) is 100 cm³/mol. The molecule has 26 heavy (non-hydrogen) atoms. The Morgan fingerprint density at radius 1 is 1.15 bits per heavy atom. The summed E-state index contributed by atoms with van der Waals surface area (Å²) in [4.78, 5) is 22.7. The zero-order chi connectivity index (χ0) is 18.3. The molecule has 0 aliphatic heterocycles. The number of non-ortho nitro benzene ring substituents is 1. The average Bonchev–Trinajstić information content (AvgIpc) is 2.59. The van der Waals surface area contributed by atoms with Crippen LogP contribution in [0.1, 0.15) is 51.0 Å². The predicted octanol–water partition coefficient (Wildman–Crippen LogP) is 4.33. The van der Waals surface area contributed by atoms with Crippen LogP contribution in [0.25, 0.3) is 6.08 Å². The summed E-state index contributed by atoms with van der Waals surface area (Å²) in [6.07, 6.45) is 11.3. The Labute approximate surface area is 154 Å². The van der Waals surface area contributed by atoms with Gasteiger partial charge in [-0.2, -0.15) is 0 Å². The highest BCUT2D eigenvalue weighted by Crippen LogP contribution is 2.61. The highest BCUT2D eigenvalue weighted by molar-refractivity contribution is 5.92. The third-order valence-corrected chi connectivity index (χ3v) is 6.89. The number of carbonyl (C=O) groups excluding carboxylic acids is 1. The van der Waals surface area contributed by atoms with E-state index in [4.69, 9.17) is 0 Å². The van der Waals surface area contributed by atoms with Crippen LogP contribution >= 0.6 is 0 Å². The number of hydrogen-bond acceptors (Lipinski definition) is 3. The number of hydrogen-bond donors (Lipinski definition) is 1. The van der Waals surface area contributed by atoms with Gasteiger partial charge in [-0.1, -0.05) is 0 Å². The van der Waals surface area contributed by atoms with E-state index in [-0.39, 0.29) is 17.6 Å². The van der Waals surface area contributed by atoms with Crippen LogP contribution in [0, 0.1) is 33.3 Å². The van der Waals surface area contributed by atoms with Gasteiger partial charge in [0.25, 0.3) is 5.69 Å². The first-order valence-corrected chi connectivity index (χ1v) is 9.66. The average molecular weight is 354 g/mol. The summed E-state index contributed by atoms with van der Waals surface area (Å²) in [6.45, 7) is 2.17. The molecule has 0 saturated heterocycles. The van der Waals surface area contributed by atoms with Crippen LogP contribution in [0.5, 0.6) is 0 Å². The standard InChI is InChI=1S/C21H26N2O3/c1-14(21-11-16-8-17(12-21)10-18(9-16)13-21)22-20(24)7-4-15-2-5-19(6-3-15)23(25)26/h2-7,14,16-18H,8-13H2,1H3,(H,22,24)/b7-4+. The van der Waals surface area contributed by atoms with Crippen molar-refractivity contribution in [1.29, 1.82) is 0 Å². The molecule has 0 aromatic heterocycles. The molecule has 1 N–H and O–H groups in total. The number of nitro benzene ring substituents is 1. The molecule has 5 heteroatoms. The van der Waals surface area contributed by atoms with E-state index in [0.717, 1.165) is 23.3 Å². The number of nitrogens with one attached hydrogen (secondary N) is 1. The number of nitrogens with zero attached hydrogens (tertiary/aromatic N) is 1. The second-order valence-corrected chi connectivity index (χ2v) is 8.69. The molecule has 1 amide bonds. The van der Waals surface area contributed by atoms with Crippen molar-refractivity contribution < 1.29 is 9.72 Å². The van der Waals surface area contributed by atoms with Gasteiger partial charge in [-0.25, -0.2) is 0 Å². The van der Waals surface area contributed by atoms with E-state index in [0.29, 0.717) is 5.41 Å². The van der Waals surface area contributed by atoms with Crippen LogP contribution in [0.2, 0.25) is 0 Å². The van der Waals surface area contributed by atoms with Gasteiger partial charge in [0.1, 0.15) is 0 Å². The van der Waals surface area contributed by atoms with Gasteiger partial charge < -0.3 is 5.32 Å². The molecule has 0 radical (unpaired) electrons. The van der Waals surface area contributed by atoms with Gasteiger partial charge in [0.2, 0.25) is 5.91 Å². The number of benzene rings is 1. The molecule has 5 nitrogen and oxygen atoms in total. The Morgan fingerprint density at radius 3 is 2.19 bits per heavy atom. The van der Waals surface area contributed by atoms with Crippen LogP contribution in [0.3, 0.4) is 0 Å². The third-order valence-electron chi connectivity index (χ3n) is 6.89. The second kappa shape index (κ2) is 6.53. The number of carbonyl (C=O) groups is 1. The molecule has 4 bridgehead atoms. The van der Waals surface area contributed by atoms with Gasteiger partial charge in [0.15, 0.2) is 0 Å². The Kier molecular flexibility index (Phi) is 4.33. The maximum Gasteiger partial charge on any atom is 0.269 e. The SMILES string of the molecule is CC(NC(=O)/C=C/c1ccc([N+](=O)[O-])cc1)C12CC3CC(CC(C3)C1)C2. The zero-order valence-corrected chi connectivity index (χ0v) is 15.2. The van der Waals surface area contributed by atoms with Crippen LogP contribution in [-0.2, 0) is 4.79 Å². The van der Waals surface area contributed by atoms with Gasteiger partial charge in [0.05, 0.1) is 4.92 Å². The first kappa shape index (κ1) is 17.3. The molecule has 0 heterocycles. The summed E-state index contributed by atoms with van der Waals surface area (Å²) in [7, 11) is 0. The Morgan fingerprint density at radius 2 is 1.69 bits per heavy atom. The van der Waals surface area contributed by atoms with Crippen molar-refractivity contribution in [2.75, 3.05) is 0 Å². The van der Waals surface area contributed by atoms with Crippen molar-refractivity contribution in [3.63, 3.8) is 0 Å². The lowest BCUT2D eigenvalue weighted by Gasteiger charge is -2.59. The van der Waals surface area contributed by atoms with E-state index in [1.54, 1.807) is 18.2 Å². The van der Waals surface area contributed by atoms with Gasteiger partial charge in [-0.15, -0.1) is 0 Å². The van der Waals surface area contributed by atoms with Gasteiger partial charge >= 0.3 is 0 Å². The zero-order valence-electron chi connectivity index (χ0n) is 15.2. The minimum absolute atomic E-state index is 0.0574. The van der Waals surface area contributed by atoms with E-state index in [9.17, 15) is 14.9 Å². The number of rotatable bonds is 5. The molecule has 1 aromatic rings. The van der Waals surface area contributed by atoms with Crippen molar-refractivity contribution in [3.8, 4) is 0 Å². The number of nitro groups is 1. The Bertz CT molecular complexity index is 703. The van der Waals surface area contributed by atoms with E-state index < -0.39 is 4.92 Å². The fourth-order valence-electron chi connectivity index (χ4n) is 6.00. The molecule has 4 aliphatic rings. The molecule has 0 spiro atoms. The summed E-state index contributed by atoms with van der Waals surface area (Å²) in [5.41, 5.74) is 1.14. The smallest absolute Gasteiger partial charge is 0.269 e. The summed E-state index contributed by atoms with van der Waals surface area (Å²) < 4.78 is 0. The molecule has 1 unspecified atom stereocenters. The van der Waals surface area contributed by atoms with Crippen molar-refractivity contribution in [2.45, 2.75) is 51.5 Å². The minimum Gasteiger partial charge on any atom is -0.350 e. The molecular formula is C21H26N2O3. The lowest BCUT2D eigenvalue weighted by Crippen LogP contribution is -2.55. The van der Waals surface area contributed by atoms with E-state index in [1.165, 1.54) is 56.7 Å². The maximum atomic E-state index is 12.4. The molecular weight excluding hydrogens is 328 g/mol. The summed E-state index contributed by atoms with van der Waals surface area (Å²) in [5.74, 6) is 2.54. The van der Waals surface area contributed by atoms with E-state index in [2.05, 4.69) is 12.2 Å². The molecule has 1 aromatic carbocycles. The lowest BCUT2D eigenvalue weighted by atomic mass is 9.48. The fraction of sp³-hybridized carbons (Fsp3) is 0.571. The molecule has 5 rings (SSSR count). The second-order valence-electron chi connectivity index (χ2n) is 8.69. The van der Waals surface area contributed by atoms with Crippen molar-refractivity contribution >= 4 is 17.7 Å². The van der Waals surface area contributed by atoms with Gasteiger partial charge in [-0.3, -0.25) is 14.9 Å². The summed E-state index contributed by atoms with van der Waals surface area (Å²) in [5, 5.41) is 13.9. The van der Waals surface area contributed by atoms with Gasteiger partial charge in [0, 0.05) is 24.3 Å². The Hall–Kier alpha value is -2.17. The minimum atomic E-state index is -0.423.